The van der Waals surface area contributed by atoms with Crippen molar-refractivity contribution in [3.8, 4) is 11.5 Å². The number of ether oxygens (including phenoxy) is 1. The van der Waals surface area contributed by atoms with Gasteiger partial charge in [-0.3, -0.25) is 0 Å². The van der Waals surface area contributed by atoms with Gasteiger partial charge in [-0.15, -0.1) is 0 Å². The molecule has 0 aliphatic carbocycles. The van der Waals surface area contributed by atoms with Gasteiger partial charge in [0.2, 0.25) is 0 Å². The van der Waals surface area contributed by atoms with Gasteiger partial charge >= 0.3 is 5.97 Å². The summed E-state index contributed by atoms with van der Waals surface area (Å²) in [5.74, 6) is -0.631. The van der Waals surface area contributed by atoms with E-state index in [1.54, 1.807) is 18.2 Å². The third-order valence-electron chi connectivity index (χ3n) is 3.06. The Morgan fingerprint density at radius 1 is 1.19 bits per heavy atom. The molecule has 0 saturated heterocycles. The molecule has 2 rings (SSSR count). The van der Waals surface area contributed by atoms with Gasteiger partial charge < -0.3 is 14.9 Å². The topological polar surface area (TPSA) is 66.8 Å². The zero-order valence-electron chi connectivity index (χ0n) is 11.6. The van der Waals surface area contributed by atoms with E-state index in [4.69, 9.17) is 4.74 Å². The maximum Gasteiger partial charge on any atom is 0.331 e. The van der Waals surface area contributed by atoms with Crippen LogP contribution in [0, 0.1) is 0 Å². The summed E-state index contributed by atoms with van der Waals surface area (Å²) >= 11 is 0. The van der Waals surface area contributed by atoms with Gasteiger partial charge in [-0.1, -0.05) is 36.4 Å². The summed E-state index contributed by atoms with van der Waals surface area (Å²) in [6, 6.07) is 14.1. The summed E-state index contributed by atoms with van der Waals surface area (Å²) in [5, 5.41) is 18.9. The van der Waals surface area contributed by atoms with Gasteiger partial charge in [0.25, 0.3) is 0 Å². The standard InChI is InChI=1S/C17H16O4/c1-21-16-11-13(7-8-15(16)18)10-14(17(19)20)9-12-5-3-2-4-6-12/h2-8,10-11,18H,9H2,1H3,(H,19,20)/b14-10+. The average molecular weight is 284 g/mol. The van der Waals surface area contributed by atoms with Crippen molar-refractivity contribution < 1.29 is 19.7 Å². The maximum atomic E-state index is 11.4. The van der Waals surface area contributed by atoms with Crippen LogP contribution >= 0.6 is 0 Å². The highest BCUT2D eigenvalue weighted by Crippen LogP contribution is 2.27. The molecule has 0 heterocycles. The van der Waals surface area contributed by atoms with E-state index >= 15 is 0 Å². The maximum absolute atomic E-state index is 11.4. The molecule has 0 aliphatic rings. The predicted molar refractivity (Wildman–Crippen MR) is 80.4 cm³/mol. The van der Waals surface area contributed by atoms with Crippen LogP contribution in [0.5, 0.6) is 11.5 Å². The average Bonchev–Trinajstić information content (AvgIpc) is 2.49. The Morgan fingerprint density at radius 2 is 1.90 bits per heavy atom. The lowest BCUT2D eigenvalue weighted by Crippen LogP contribution is -2.03. The van der Waals surface area contributed by atoms with E-state index in [2.05, 4.69) is 0 Å². The van der Waals surface area contributed by atoms with Crippen molar-refractivity contribution in [1.82, 2.24) is 0 Å². The fraction of sp³-hybridized carbons (Fsp3) is 0.118. The second kappa shape index (κ2) is 6.61. The van der Waals surface area contributed by atoms with Gasteiger partial charge in [0.15, 0.2) is 11.5 Å². The second-order valence-electron chi connectivity index (χ2n) is 4.57. The van der Waals surface area contributed by atoms with Crippen molar-refractivity contribution in [3.63, 3.8) is 0 Å². The lowest BCUT2D eigenvalue weighted by Gasteiger charge is -2.06. The Labute approximate surface area is 122 Å². The first-order valence-electron chi connectivity index (χ1n) is 6.45. The Hall–Kier alpha value is -2.75. The molecule has 2 N–H and O–H groups in total. The number of rotatable bonds is 5. The highest BCUT2D eigenvalue weighted by Gasteiger charge is 2.09. The zero-order chi connectivity index (χ0) is 15.2. The molecule has 4 heteroatoms. The fourth-order valence-corrected chi connectivity index (χ4v) is 1.99. The molecule has 0 spiro atoms. The summed E-state index contributed by atoms with van der Waals surface area (Å²) in [5.41, 5.74) is 1.86. The highest BCUT2D eigenvalue weighted by atomic mass is 16.5. The van der Waals surface area contributed by atoms with E-state index < -0.39 is 5.97 Å². The number of aliphatic carboxylic acids is 1. The van der Waals surface area contributed by atoms with Crippen molar-refractivity contribution in [2.45, 2.75) is 6.42 Å². The Bertz CT molecular complexity index is 660. The fourth-order valence-electron chi connectivity index (χ4n) is 1.99. The molecular formula is C17H16O4. The zero-order valence-corrected chi connectivity index (χ0v) is 11.6. The van der Waals surface area contributed by atoms with E-state index in [-0.39, 0.29) is 11.3 Å². The monoisotopic (exact) mass is 284 g/mol. The van der Waals surface area contributed by atoms with E-state index in [9.17, 15) is 15.0 Å². The number of methoxy groups -OCH3 is 1. The molecule has 4 nitrogen and oxygen atoms in total. The minimum absolute atomic E-state index is 0.0228. The van der Waals surface area contributed by atoms with Crippen LogP contribution in [0.25, 0.3) is 6.08 Å². The molecular weight excluding hydrogens is 268 g/mol. The Kier molecular flexibility index (Phi) is 4.61. The molecule has 0 amide bonds. The van der Waals surface area contributed by atoms with Crippen molar-refractivity contribution in [2.75, 3.05) is 7.11 Å². The lowest BCUT2D eigenvalue weighted by molar-refractivity contribution is -0.132. The predicted octanol–water partition coefficient (Wildman–Crippen LogP) is 3.11. The second-order valence-corrected chi connectivity index (χ2v) is 4.57. The molecule has 2 aromatic carbocycles. The van der Waals surface area contributed by atoms with Crippen molar-refractivity contribution in [2.24, 2.45) is 0 Å². The normalized spacial score (nSPS) is 11.2. The number of phenols is 1. The van der Waals surface area contributed by atoms with Gasteiger partial charge in [0.05, 0.1) is 7.11 Å². The van der Waals surface area contributed by atoms with E-state index in [0.29, 0.717) is 17.7 Å². The van der Waals surface area contributed by atoms with Crippen LogP contribution in [0.1, 0.15) is 11.1 Å². The number of carbonyl (C=O) groups is 1. The number of hydrogen-bond donors (Lipinski definition) is 2. The largest absolute Gasteiger partial charge is 0.504 e. The molecule has 108 valence electrons. The minimum Gasteiger partial charge on any atom is -0.504 e. The summed E-state index contributed by atoms with van der Waals surface area (Å²) in [7, 11) is 1.45. The smallest absolute Gasteiger partial charge is 0.331 e. The number of benzene rings is 2. The number of aromatic hydroxyl groups is 1. The number of carboxylic acids is 1. The van der Waals surface area contributed by atoms with Crippen LogP contribution in [0.4, 0.5) is 0 Å². The molecule has 0 unspecified atom stereocenters. The van der Waals surface area contributed by atoms with Crippen LogP contribution in [0.2, 0.25) is 0 Å². The van der Waals surface area contributed by atoms with Crippen molar-refractivity contribution in [1.29, 1.82) is 0 Å². The van der Waals surface area contributed by atoms with Gasteiger partial charge in [0.1, 0.15) is 0 Å². The van der Waals surface area contributed by atoms with Crippen molar-refractivity contribution in [3.05, 3.63) is 65.2 Å². The first-order valence-corrected chi connectivity index (χ1v) is 6.45. The summed E-state index contributed by atoms with van der Waals surface area (Å²) < 4.78 is 5.02. The third-order valence-corrected chi connectivity index (χ3v) is 3.06. The van der Waals surface area contributed by atoms with Crippen LogP contribution in [-0.2, 0) is 11.2 Å². The Morgan fingerprint density at radius 3 is 2.52 bits per heavy atom. The number of carboxylic acid groups (broad SMARTS) is 1. The van der Waals surface area contributed by atoms with Crippen LogP contribution < -0.4 is 4.74 Å². The first-order chi connectivity index (χ1) is 10.1. The summed E-state index contributed by atoms with van der Waals surface area (Å²) in [4.78, 5) is 11.4. The Balaban J connectivity index is 2.31. The molecule has 0 radical (unpaired) electrons. The summed E-state index contributed by atoms with van der Waals surface area (Å²) in [6.07, 6.45) is 1.91. The van der Waals surface area contributed by atoms with Crippen LogP contribution in [0.3, 0.4) is 0 Å². The molecule has 0 atom stereocenters. The van der Waals surface area contributed by atoms with E-state index in [0.717, 1.165) is 5.56 Å². The van der Waals surface area contributed by atoms with E-state index in [1.165, 1.54) is 13.2 Å². The number of phenolic OH excluding ortho intramolecular Hbond substituents is 1. The highest BCUT2D eigenvalue weighted by molar-refractivity contribution is 5.92. The summed E-state index contributed by atoms with van der Waals surface area (Å²) in [6.45, 7) is 0. The molecule has 0 bridgehead atoms. The van der Waals surface area contributed by atoms with Gasteiger partial charge in [-0.25, -0.2) is 4.79 Å². The molecule has 0 saturated carbocycles. The first kappa shape index (κ1) is 14.7. The van der Waals surface area contributed by atoms with Gasteiger partial charge in [0, 0.05) is 12.0 Å². The third kappa shape index (κ3) is 3.86. The molecule has 0 aromatic heterocycles. The molecule has 0 fully saturated rings. The number of hydrogen-bond acceptors (Lipinski definition) is 3. The minimum atomic E-state index is -0.967. The van der Waals surface area contributed by atoms with Crippen LogP contribution in [-0.4, -0.2) is 23.3 Å². The van der Waals surface area contributed by atoms with Crippen LogP contribution in [0.15, 0.2) is 54.1 Å². The SMILES string of the molecule is COc1cc(/C=C(\Cc2ccccc2)C(=O)O)ccc1O. The van der Waals surface area contributed by atoms with Gasteiger partial charge in [-0.2, -0.15) is 0 Å². The van der Waals surface area contributed by atoms with E-state index in [1.807, 2.05) is 30.3 Å². The molecule has 0 aliphatic heterocycles. The lowest BCUT2D eigenvalue weighted by atomic mass is 10.0. The molecule has 2 aromatic rings. The van der Waals surface area contributed by atoms with Crippen molar-refractivity contribution >= 4 is 12.0 Å². The molecule has 21 heavy (non-hydrogen) atoms. The quantitative estimate of drug-likeness (QED) is 0.828. The van der Waals surface area contributed by atoms with Gasteiger partial charge in [-0.05, 0) is 29.3 Å².